The molecule has 2 aromatic rings. The number of aryl methyl sites for hydroxylation is 1. The molecule has 1 amide bonds. The molecule has 0 bridgehead atoms. The fourth-order valence-corrected chi connectivity index (χ4v) is 3.94. The minimum Gasteiger partial charge on any atom is -0.466 e. The van der Waals surface area contributed by atoms with Gasteiger partial charge in [-0.15, -0.1) is 0 Å². The zero-order chi connectivity index (χ0) is 24.7. The molecule has 1 aliphatic rings. The molecule has 0 unspecified atom stereocenters. The Kier molecular flexibility index (Phi) is 8.38. The van der Waals surface area contributed by atoms with Gasteiger partial charge in [-0.3, -0.25) is 18.8 Å². The summed E-state index contributed by atoms with van der Waals surface area (Å²) in [4.78, 5) is 45.0. The third-order valence-electron chi connectivity index (χ3n) is 5.65. The summed E-state index contributed by atoms with van der Waals surface area (Å²) in [6, 6.07) is 5.46. The summed E-state index contributed by atoms with van der Waals surface area (Å²) < 4.78 is 11.5. The smallest absolute Gasteiger partial charge is 0.310 e. The lowest BCUT2D eigenvalue weighted by Crippen LogP contribution is -2.41. The van der Waals surface area contributed by atoms with Crippen molar-refractivity contribution in [3.8, 4) is 6.07 Å². The number of piperidine rings is 1. The third kappa shape index (κ3) is 5.43. The lowest BCUT2D eigenvalue weighted by Gasteiger charge is -2.33. The molecule has 0 spiro atoms. The number of nitrogens with zero attached hydrogens (tertiary/aromatic N) is 4. The average molecular weight is 468 g/mol. The number of ether oxygens (including phenoxy) is 2. The standard InChI is InChI=1S/C24H29N5O5/c1-4-34-24(32)17-8-6-10-28(15-17)21-19(13-18(14-25)22(30)26-9-12-33-3)23(31)29-11-5-7-16(2)20(29)27-21/h5,7,11,13,17H,4,6,8-10,12,15H2,1-3H3,(H,26,30)/b18-13+/t17-/m1/s1. The number of carbonyl (C=O) groups is 2. The SMILES string of the molecule is CCOC(=O)[C@@H]1CCCN(c2nc3c(C)cccn3c(=O)c2/C=C(\C#N)C(=O)NCCOC)C1. The molecule has 1 fully saturated rings. The second-order valence-corrected chi connectivity index (χ2v) is 7.99. The van der Waals surface area contributed by atoms with Crippen LogP contribution in [0.3, 0.4) is 0 Å². The second kappa shape index (κ2) is 11.4. The van der Waals surface area contributed by atoms with E-state index < -0.39 is 11.5 Å². The molecule has 1 N–H and O–H groups in total. The van der Waals surface area contributed by atoms with Crippen molar-refractivity contribution in [2.75, 3.05) is 44.9 Å². The molecule has 0 aliphatic carbocycles. The normalized spacial score (nSPS) is 16.2. The maximum absolute atomic E-state index is 13.5. The van der Waals surface area contributed by atoms with Crippen molar-refractivity contribution < 1.29 is 19.1 Å². The van der Waals surface area contributed by atoms with Gasteiger partial charge in [-0.05, 0) is 44.4 Å². The maximum Gasteiger partial charge on any atom is 0.310 e. The first-order valence-electron chi connectivity index (χ1n) is 11.2. The Labute approximate surface area is 197 Å². The third-order valence-corrected chi connectivity index (χ3v) is 5.65. The average Bonchev–Trinajstić information content (AvgIpc) is 2.84. The predicted octanol–water partition coefficient (Wildman–Crippen LogP) is 1.45. The fraction of sp³-hybridized carbons (Fsp3) is 0.458. The number of hydrogen-bond donors (Lipinski definition) is 1. The van der Waals surface area contributed by atoms with Gasteiger partial charge >= 0.3 is 5.97 Å². The molecule has 0 radical (unpaired) electrons. The molecular formula is C24H29N5O5. The first-order chi connectivity index (χ1) is 16.4. The van der Waals surface area contributed by atoms with Crippen molar-refractivity contribution in [3.63, 3.8) is 0 Å². The number of aromatic nitrogens is 2. The van der Waals surface area contributed by atoms with E-state index in [4.69, 9.17) is 14.5 Å². The highest BCUT2D eigenvalue weighted by atomic mass is 16.5. The van der Waals surface area contributed by atoms with Crippen LogP contribution in [0.5, 0.6) is 0 Å². The van der Waals surface area contributed by atoms with Crippen LogP contribution in [-0.4, -0.2) is 61.2 Å². The first-order valence-corrected chi connectivity index (χ1v) is 11.2. The molecule has 2 aromatic heterocycles. The molecule has 10 nitrogen and oxygen atoms in total. The monoisotopic (exact) mass is 467 g/mol. The molecule has 0 aromatic carbocycles. The van der Waals surface area contributed by atoms with E-state index >= 15 is 0 Å². The zero-order valence-corrected chi connectivity index (χ0v) is 19.7. The molecule has 3 rings (SSSR count). The number of nitrogens with one attached hydrogen (secondary N) is 1. The number of nitriles is 1. The molecule has 0 saturated carbocycles. The van der Waals surface area contributed by atoms with Crippen molar-refractivity contribution in [3.05, 3.63) is 45.4 Å². The van der Waals surface area contributed by atoms with Crippen LogP contribution >= 0.6 is 0 Å². The Morgan fingerprint density at radius 2 is 2.21 bits per heavy atom. The molecule has 1 saturated heterocycles. The molecule has 180 valence electrons. The van der Waals surface area contributed by atoms with E-state index in [0.717, 1.165) is 5.56 Å². The molecule has 10 heteroatoms. The van der Waals surface area contributed by atoms with E-state index in [1.807, 2.05) is 24.0 Å². The Hall–Kier alpha value is -3.71. The summed E-state index contributed by atoms with van der Waals surface area (Å²) in [5.74, 6) is -0.906. The number of anilines is 1. The van der Waals surface area contributed by atoms with Crippen LogP contribution in [0, 0.1) is 24.2 Å². The Morgan fingerprint density at radius 3 is 2.91 bits per heavy atom. The van der Waals surface area contributed by atoms with Gasteiger partial charge in [0.1, 0.15) is 23.1 Å². The summed E-state index contributed by atoms with van der Waals surface area (Å²) in [6.45, 7) is 5.33. The van der Waals surface area contributed by atoms with Gasteiger partial charge in [0.05, 0.1) is 24.7 Å². The van der Waals surface area contributed by atoms with E-state index in [0.29, 0.717) is 44.0 Å². The fourth-order valence-electron chi connectivity index (χ4n) is 3.94. The van der Waals surface area contributed by atoms with E-state index in [2.05, 4.69) is 5.32 Å². The van der Waals surface area contributed by atoms with Gasteiger partial charge in [-0.25, -0.2) is 4.98 Å². The van der Waals surface area contributed by atoms with Gasteiger partial charge < -0.3 is 19.7 Å². The van der Waals surface area contributed by atoms with Crippen LogP contribution in [-0.2, 0) is 19.1 Å². The van der Waals surface area contributed by atoms with Crippen LogP contribution in [0.15, 0.2) is 28.7 Å². The zero-order valence-electron chi connectivity index (χ0n) is 19.7. The highest BCUT2D eigenvalue weighted by Gasteiger charge is 2.30. The first kappa shape index (κ1) is 24.9. The Balaban J connectivity index is 2.11. The summed E-state index contributed by atoms with van der Waals surface area (Å²) in [5, 5.41) is 12.2. The predicted molar refractivity (Wildman–Crippen MR) is 126 cm³/mol. The summed E-state index contributed by atoms with van der Waals surface area (Å²) in [7, 11) is 1.51. The van der Waals surface area contributed by atoms with E-state index in [9.17, 15) is 19.6 Å². The summed E-state index contributed by atoms with van der Waals surface area (Å²) >= 11 is 0. The maximum atomic E-state index is 13.5. The van der Waals surface area contributed by atoms with Crippen molar-refractivity contribution >= 4 is 29.4 Å². The van der Waals surface area contributed by atoms with Gasteiger partial charge in [-0.1, -0.05) is 6.07 Å². The molecule has 3 heterocycles. The number of esters is 1. The Morgan fingerprint density at radius 1 is 1.41 bits per heavy atom. The highest BCUT2D eigenvalue weighted by molar-refractivity contribution is 6.02. The lowest BCUT2D eigenvalue weighted by molar-refractivity contribution is -0.148. The quantitative estimate of drug-likeness (QED) is 0.268. The van der Waals surface area contributed by atoms with Crippen LogP contribution in [0.4, 0.5) is 5.82 Å². The topological polar surface area (TPSA) is 126 Å². The summed E-state index contributed by atoms with van der Waals surface area (Å²) in [6.07, 6.45) is 4.26. The molecule has 34 heavy (non-hydrogen) atoms. The highest BCUT2D eigenvalue weighted by Crippen LogP contribution is 2.26. The van der Waals surface area contributed by atoms with Gasteiger partial charge in [-0.2, -0.15) is 5.26 Å². The van der Waals surface area contributed by atoms with Gasteiger partial charge in [0.2, 0.25) is 0 Å². The van der Waals surface area contributed by atoms with E-state index in [-0.39, 0.29) is 36.2 Å². The molecule has 1 atom stereocenters. The number of pyridine rings is 1. The number of methoxy groups -OCH3 is 1. The van der Waals surface area contributed by atoms with Crippen LogP contribution in [0.1, 0.15) is 30.9 Å². The van der Waals surface area contributed by atoms with Crippen molar-refractivity contribution in [1.82, 2.24) is 14.7 Å². The number of amides is 1. The summed E-state index contributed by atoms with van der Waals surface area (Å²) in [5.41, 5.74) is 0.766. The van der Waals surface area contributed by atoms with Gasteiger partial charge in [0.15, 0.2) is 0 Å². The number of fused-ring (bicyclic) bond motifs is 1. The Bertz CT molecular complexity index is 1200. The van der Waals surface area contributed by atoms with E-state index in [1.54, 1.807) is 19.2 Å². The lowest BCUT2D eigenvalue weighted by atomic mass is 9.97. The molecular weight excluding hydrogens is 438 g/mol. The number of rotatable bonds is 8. The largest absolute Gasteiger partial charge is 0.466 e. The van der Waals surface area contributed by atoms with Crippen LogP contribution < -0.4 is 15.8 Å². The van der Waals surface area contributed by atoms with Gasteiger partial charge in [0, 0.05) is 32.9 Å². The van der Waals surface area contributed by atoms with Crippen molar-refractivity contribution in [1.29, 1.82) is 5.26 Å². The van der Waals surface area contributed by atoms with E-state index in [1.165, 1.54) is 17.6 Å². The van der Waals surface area contributed by atoms with Gasteiger partial charge in [0.25, 0.3) is 11.5 Å². The molecule has 1 aliphatic heterocycles. The minimum atomic E-state index is -0.609. The van der Waals surface area contributed by atoms with Crippen molar-refractivity contribution in [2.45, 2.75) is 26.7 Å². The minimum absolute atomic E-state index is 0.117. The number of hydrogen-bond acceptors (Lipinski definition) is 8. The van der Waals surface area contributed by atoms with Crippen LogP contribution in [0.25, 0.3) is 11.7 Å². The number of carbonyl (C=O) groups excluding carboxylic acids is 2. The van der Waals surface area contributed by atoms with Crippen molar-refractivity contribution in [2.24, 2.45) is 5.92 Å². The second-order valence-electron chi connectivity index (χ2n) is 7.99. The van der Waals surface area contributed by atoms with Crippen LogP contribution in [0.2, 0.25) is 0 Å².